The van der Waals surface area contributed by atoms with Crippen molar-refractivity contribution in [1.29, 1.82) is 0 Å². The SMILES string of the molecule is C[CH]Cc1ccc(C)c(C(F)(F)F)c1. The largest absolute Gasteiger partial charge is 0.416 e. The van der Waals surface area contributed by atoms with E-state index in [1.807, 2.05) is 13.3 Å². The first-order valence-corrected chi connectivity index (χ1v) is 4.39. The van der Waals surface area contributed by atoms with Gasteiger partial charge >= 0.3 is 6.18 Å². The summed E-state index contributed by atoms with van der Waals surface area (Å²) in [5.74, 6) is 0. The standard InChI is InChI=1S/C11H12F3/c1-3-4-9-6-5-8(2)10(7-9)11(12,13)14/h3,5-7H,4H2,1-2H3. The van der Waals surface area contributed by atoms with Crippen LogP contribution in [0.25, 0.3) is 0 Å². The summed E-state index contributed by atoms with van der Waals surface area (Å²) >= 11 is 0. The Morgan fingerprint density at radius 1 is 1.29 bits per heavy atom. The Balaban J connectivity index is 3.09. The molecule has 77 valence electrons. The Labute approximate surface area is 81.8 Å². The van der Waals surface area contributed by atoms with Crippen LogP contribution in [-0.2, 0) is 12.6 Å². The third-order valence-electron chi connectivity index (χ3n) is 2.05. The molecule has 0 saturated heterocycles. The monoisotopic (exact) mass is 201 g/mol. The van der Waals surface area contributed by atoms with Crippen molar-refractivity contribution >= 4 is 0 Å². The number of rotatable bonds is 2. The van der Waals surface area contributed by atoms with E-state index in [0.717, 1.165) is 0 Å². The first-order chi connectivity index (χ1) is 6.45. The van der Waals surface area contributed by atoms with Gasteiger partial charge in [-0.25, -0.2) is 0 Å². The summed E-state index contributed by atoms with van der Waals surface area (Å²) in [5, 5.41) is 0. The van der Waals surface area contributed by atoms with Gasteiger partial charge in [0.15, 0.2) is 0 Å². The normalized spacial score (nSPS) is 11.8. The molecule has 1 rings (SSSR count). The van der Waals surface area contributed by atoms with Crippen LogP contribution in [0.4, 0.5) is 13.2 Å². The highest BCUT2D eigenvalue weighted by atomic mass is 19.4. The Hall–Kier alpha value is -0.990. The first kappa shape index (κ1) is 11.1. The zero-order valence-electron chi connectivity index (χ0n) is 8.15. The van der Waals surface area contributed by atoms with Crippen LogP contribution in [-0.4, -0.2) is 0 Å². The van der Waals surface area contributed by atoms with Crippen molar-refractivity contribution in [2.45, 2.75) is 26.4 Å². The molecule has 0 spiro atoms. The molecule has 0 aliphatic heterocycles. The molecule has 0 nitrogen and oxygen atoms in total. The summed E-state index contributed by atoms with van der Waals surface area (Å²) in [6, 6.07) is 4.46. The van der Waals surface area contributed by atoms with Crippen molar-refractivity contribution < 1.29 is 13.2 Å². The molecule has 0 atom stereocenters. The van der Waals surface area contributed by atoms with Crippen molar-refractivity contribution in [2.75, 3.05) is 0 Å². The van der Waals surface area contributed by atoms with Crippen LogP contribution in [0.1, 0.15) is 23.6 Å². The smallest absolute Gasteiger partial charge is 0.166 e. The van der Waals surface area contributed by atoms with Crippen molar-refractivity contribution in [3.05, 3.63) is 41.3 Å². The molecule has 0 bridgehead atoms. The molecule has 0 fully saturated rings. The highest BCUT2D eigenvalue weighted by Gasteiger charge is 2.32. The molecule has 1 radical (unpaired) electrons. The van der Waals surface area contributed by atoms with Crippen molar-refractivity contribution in [1.82, 2.24) is 0 Å². The molecule has 3 heteroatoms. The second-order valence-electron chi connectivity index (χ2n) is 3.26. The number of aryl methyl sites for hydroxylation is 1. The minimum atomic E-state index is -4.24. The van der Waals surface area contributed by atoms with E-state index in [0.29, 0.717) is 12.0 Å². The van der Waals surface area contributed by atoms with Gasteiger partial charge in [-0.05, 0) is 37.0 Å². The zero-order chi connectivity index (χ0) is 10.8. The quantitative estimate of drug-likeness (QED) is 0.683. The van der Waals surface area contributed by atoms with Gasteiger partial charge in [0.25, 0.3) is 0 Å². The van der Waals surface area contributed by atoms with E-state index in [-0.39, 0.29) is 5.56 Å². The fraction of sp³-hybridized carbons (Fsp3) is 0.364. The molecule has 0 N–H and O–H groups in total. The maximum atomic E-state index is 12.5. The number of halogens is 3. The third kappa shape index (κ3) is 2.50. The highest BCUT2D eigenvalue weighted by Crippen LogP contribution is 2.32. The lowest BCUT2D eigenvalue weighted by Gasteiger charge is -2.11. The van der Waals surface area contributed by atoms with E-state index < -0.39 is 11.7 Å². The van der Waals surface area contributed by atoms with Gasteiger partial charge in [0.2, 0.25) is 0 Å². The zero-order valence-corrected chi connectivity index (χ0v) is 8.15. The Bertz CT molecular complexity index is 313. The van der Waals surface area contributed by atoms with Crippen LogP contribution in [0.2, 0.25) is 0 Å². The van der Waals surface area contributed by atoms with E-state index in [2.05, 4.69) is 0 Å². The van der Waals surface area contributed by atoms with Gasteiger partial charge in [-0.1, -0.05) is 19.1 Å². The van der Waals surface area contributed by atoms with Crippen LogP contribution in [0.5, 0.6) is 0 Å². The van der Waals surface area contributed by atoms with Gasteiger partial charge in [-0.2, -0.15) is 13.2 Å². The van der Waals surface area contributed by atoms with Gasteiger partial charge in [0.05, 0.1) is 5.56 Å². The molecule has 14 heavy (non-hydrogen) atoms. The second kappa shape index (κ2) is 4.03. The van der Waals surface area contributed by atoms with E-state index in [4.69, 9.17) is 0 Å². The lowest BCUT2D eigenvalue weighted by molar-refractivity contribution is -0.138. The first-order valence-electron chi connectivity index (χ1n) is 4.39. The molecule has 0 aliphatic carbocycles. The molecule has 0 aromatic heterocycles. The summed E-state index contributed by atoms with van der Waals surface area (Å²) in [6.07, 6.45) is -1.83. The van der Waals surface area contributed by atoms with Gasteiger partial charge < -0.3 is 0 Å². The van der Waals surface area contributed by atoms with Gasteiger partial charge in [-0.15, -0.1) is 0 Å². The fourth-order valence-electron chi connectivity index (χ4n) is 1.34. The van der Waals surface area contributed by atoms with Crippen LogP contribution in [0, 0.1) is 13.3 Å². The van der Waals surface area contributed by atoms with E-state index >= 15 is 0 Å². The van der Waals surface area contributed by atoms with Crippen molar-refractivity contribution in [3.8, 4) is 0 Å². The summed E-state index contributed by atoms with van der Waals surface area (Å²) < 4.78 is 37.4. The third-order valence-corrected chi connectivity index (χ3v) is 2.05. The number of benzene rings is 1. The Kier molecular flexibility index (Phi) is 3.19. The lowest BCUT2D eigenvalue weighted by atomic mass is 10.0. The number of hydrogen-bond acceptors (Lipinski definition) is 0. The molecule has 0 amide bonds. The predicted molar refractivity (Wildman–Crippen MR) is 49.9 cm³/mol. The summed E-state index contributed by atoms with van der Waals surface area (Å²) in [7, 11) is 0. The Morgan fingerprint density at radius 3 is 2.43 bits per heavy atom. The van der Waals surface area contributed by atoms with Crippen LogP contribution in [0.15, 0.2) is 18.2 Å². The molecular weight excluding hydrogens is 189 g/mol. The summed E-state index contributed by atoms with van der Waals surface area (Å²) in [6.45, 7) is 3.30. The van der Waals surface area contributed by atoms with Crippen molar-refractivity contribution in [2.24, 2.45) is 0 Å². The fourth-order valence-corrected chi connectivity index (χ4v) is 1.34. The number of alkyl halides is 3. The minimum Gasteiger partial charge on any atom is -0.166 e. The molecular formula is C11H12F3. The Morgan fingerprint density at radius 2 is 1.93 bits per heavy atom. The van der Waals surface area contributed by atoms with Crippen LogP contribution >= 0.6 is 0 Å². The van der Waals surface area contributed by atoms with E-state index in [1.54, 1.807) is 6.07 Å². The van der Waals surface area contributed by atoms with Gasteiger partial charge in [0.1, 0.15) is 0 Å². The van der Waals surface area contributed by atoms with Crippen LogP contribution < -0.4 is 0 Å². The van der Waals surface area contributed by atoms with E-state index in [9.17, 15) is 13.2 Å². The molecule has 0 unspecified atom stereocenters. The molecule has 0 heterocycles. The summed E-state index contributed by atoms with van der Waals surface area (Å²) in [5.41, 5.74) is 0.444. The van der Waals surface area contributed by atoms with E-state index in [1.165, 1.54) is 19.1 Å². The highest BCUT2D eigenvalue weighted by molar-refractivity contribution is 5.33. The van der Waals surface area contributed by atoms with Gasteiger partial charge in [0, 0.05) is 0 Å². The second-order valence-corrected chi connectivity index (χ2v) is 3.26. The molecule has 0 saturated carbocycles. The van der Waals surface area contributed by atoms with Gasteiger partial charge in [-0.3, -0.25) is 0 Å². The summed E-state index contributed by atoms with van der Waals surface area (Å²) in [4.78, 5) is 0. The van der Waals surface area contributed by atoms with Crippen LogP contribution in [0.3, 0.4) is 0 Å². The topological polar surface area (TPSA) is 0 Å². The molecule has 1 aromatic carbocycles. The predicted octanol–water partition coefficient (Wildman–Crippen LogP) is 3.78. The number of hydrogen-bond donors (Lipinski definition) is 0. The average molecular weight is 201 g/mol. The molecule has 1 aromatic rings. The average Bonchev–Trinajstić information content (AvgIpc) is 2.07. The molecule has 0 aliphatic rings. The maximum absolute atomic E-state index is 12.5. The maximum Gasteiger partial charge on any atom is 0.416 e. The van der Waals surface area contributed by atoms with Crippen molar-refractivity contribution in [3.63, 3.8) is 0 Å². The lowest BCUT2D eigenvalue weighted by Crippen LogP contribution is -2.08. The minimum absolute atomic E-state index is 0.275.